The van der Waals surface area contributed by atoms with Crippen LogP contribution in [0.2, 0.25) is 0 Å². The van der Waals surface area contributed by atoms with Gasteiger partial charge in [0.05, 0.1) is 13.2 Å². The summed E-state index contributed by atoms with van der Waals surface area (Å²) in [7, 11) is 0. The smallest absolute Gasteiger partial charge is 0.303 e. The number of carbonyl (C=O) groups excluding carboxylic acids is 3. The van der Waals surface area contributed by atoms with Crippen molar-refractivity contribution >= 4 is 17.9 Å². The molecule has 3 rings (SSSR count). The second-order valence-corrected chi connectivity index (χ2v) is 8.54. The van der Waals surface area contributed by atoms with Gasteiger partial charge in [-0.3, -0.25) is 14.4 Å². The van der Waals surface area contributed by atoms with Gasteiger partial charge in [0.2, 0.25) is 0 Å². The lowest BCUT2D eigenvalue weighted by molar-refractivity contribution is -0.319. The molecule has 0 saturated carbocycles. The van der Waals surface area contributed by atoms with Crippen LogP contribution in [0.25, 0.3) is 0 Å². The molecule has 2 aromatic carbocycles. The molecule has 0 spiro atoms. The van der Waals surface area contributed by atoms with Gasteiger partial charge in [0.25, 0.3) is 0 Å². The zero-order valence-electron chi connectivity index (χ0n) is 21.0. The van der Waals surface area contributed by atoms with Crippen molar-refractivity contribution < 1.29 is 47.9 Å². The number of ether oxygens (including phenoxy) is 6. The molecule has 2 aromatic rings. The monoisotopic (exact) mass is 516 g/mol. The molecule has 200 valence electrons. The lowest BCUT2D eigenvalue weighted by Crippen LogP contribution is -2.64. The van der Waals surface area contributed by atoms with E-state index >= 15 is 0 Å². The normalized spacial score (nSPS) is 24.1. The van der Waals surface area contributed by atoms with E-state index in [-0.39, 0.29) is 19.8 Å². The molecule has 37 heavy (non-hydrogen) atoms. The number of hydrogen-bond donors (Lipinski definition) is 1. The maximum absolute atomic E-state index is 12.1. The summed E-state index contributed by atoms with van der Waals surface area (Å²) in [4.78, 5) is 35.5. The molecule has 1 heterocycles. The van der Waals surface area contributed by atoms with Crippen molar-refractivity contribution in [2.75, 3.05) is 6.61 Å². The average molecular weight is 517 g/mol. The quantitative estimate of drug-likeness (QED) is 0.351. The third kappa shape index (κ3) is 8.64. The molecule has 10 nitrogen and oxygen atoms in total. The van der Waals surface area contributed by atoms with Crippen LogP contribution in [0.1, 0.15) is 31.9 Å². The van der Waals surface area contributed by atoms with Crippen molar-refractivity contribution in [1.29, 1.82) is 0 Å². The van der Waals surface area contributed by atoms with Crippen LogP contribution in [0.15, 0.2) is 60.7 Å². The summed E-state index contributed by atoms with van der Waals surface area (Å²) >= 11 is 0. The first-order valence-corrected chi connectivity index (χ1v) is 11.9. The Balaban J connectivity index is 1.92. The summed E-state index contributed by atoms with van der Waals surface area (Å²) in [6.45, 7) is 3.45. The van der Waals surface area contributed by atoms with Crippen molar-refractivity contribution in [3.05, 3.63) is 71.8 Å². The Labute approximate surface area is 215 Å². The fraction of sp³-hybridized carbons (Fsp3) is 0.444. The SMILES string of the molecule is CC(=O)OC[C@H](OC(C)=O)C1O[C@H](O)C(OCc2ccccc2)C(OC(C)=O)[C@H]1OCc1ccccc1. The van der Waals surface area contributed by atoms with E-state index in [9.17, 15) is 19.5 Å². The molecule has 1 fully saturated rings. The highest BCUT2D eigenvalue weighted by molar-refractivity contribution is 5.67. The zero-order valence-corrected chi connectivity index (χ0v) is 21.0. The number of aliphatic hydroxyl groups is 1. The summed E-state index contributed by atoms with van der Waals surface area (Å²) < 4.78 is 34.0. The highest BCUT2D eigenvalue weighted by Crippen LogP contribution is 2.31. The average Bonchev–Trinajstić information content (AvgIpc) is 2.86. The number of carbonyl (C=O) groups is 3. The van der Waals surface area contributed by atoms with E-state index in [4.69, 9.17) is 28.4 Å². The second kappa shape index (κ2) is 13.8. The van der Waals surface area contributed by atoms with Crippen LogP contribution in [-0.2, 0) is 56.0 Å². The van der Waals surface area contributed by atoms with E-state index in [1.165, 1.54) is 20.8 Å². The van der Waals surface area contributed by atoms with E-state index in [0.717, 1.165) is 11.1 Å². The Morgan fingerprint density at radius 1 is 0.784 bits per heavy atom. The Hall–Kier alpha value is -3.31. The van der Waals surface area contributed by atoms with Gasteiger partial charge in [-0.1, -0.05) is 60.7 Å². The Morgan fingerprint density at radius 2 is 1.32 bits per heavy atom. The van der Waals surface area contributed by atoms with Crippen LogP contribution in [0.3, 0.4) is 0 Å². The fourth-order valence-electron chi connectivity index (χ4n) is 3.99. The number of hydrogen-bond acceptors (Lipinski definition) is 10. The molecule has 6 atom stereocenters. The zero-order chi connectivity index (χ0) is 26.8. The van der Waals surface area contributed by atoms with Crippen LogP contribution in [0.4, 0.5) is 0 Å². The molecule has 10 heteroatoms. The summed E-state index contributed by atoms with van der Waals surface area (Å²) in [5.74, 6) is -1.90. The van der Waals surface area contributed by atoms with Gasteiger partial charge in [-0.05, 0) is 11.1 Å². The Kier molecular flexibility index (Phi) is 10.6. The standard InChI is InChI=1S/C27H32O10/c1-17(28)32-16-22(35-18(2)29)23-24(33-14-20-10-6-4-7-11-20)25(36-19(3)30)26(27(31)37-23)34-15-21-12-8-5-9-13-21/h4-13,22-27,31H,14-16H2,1-3H3/t22-,23?,24-,25?,26?,27-/m0/s1. The predicted molar refractivity (Wildman–Crippen MR) is 129 cm³/mol. The summed E-state index contributed by atoms with van der Waals surface area (Å²) in [6.07, 6.45) is -7.24. The lowest BCUT2D eigenvalue weighted by Gasteiger charge is -2.45. The largest absolute Gasteiger partial charge is 0.462 e. The molecule has 0 aliphatic carbocycles. The maximum Gasteiger partial charge on any atom is 0.303 e. The van der Waals surface area contributed by atoms with Crippen LogP contribution in [-0.4, -0.2) is 66.4 Å². The number of rotatable bonds is 11. The van der Waals surface area contributed by atoms with Gasteiger partial charge >= 0.3 is 17.9 Å². The third-order valence-electron chi connectivity index (χ3n) is 5.56. The summed E-state index contributed by atoms with van der Waals surface area (Å²) in [5.41, 5.74) is 1.65. The minimum absolute atomic E-state index is 0.0883. The maximum atomic E-state index is 12.1. The third-order valence-corrected chi connectivity index (χ3v) is 5.56. The van der Waals surface area contributed by atoms with Crippen molar-refractivity contribution in [3.63, 3.8) is 0 Å². The molecule has 0 radical (unpaired) electrons. The van der Waals surface area contributed by atoms with Crippen molar-refractivity contribution in [2.24, 2.45) is 0 Å². The molecule has 1 aliphatic rings. The molecule has 1 aliphatic heterocycles. The number of aliphatic hydroxyl groups excluding tert-OH is 1. The highest BCUT2D eigenvalue weighted by atomic mass is 16.7. The molecule has 0 amide bonds. The molecule has 1 saturated heterocycles. The molecule has 0 aromatic heterocycles. The minimum atomic E-state index is -1.58. The van der Waals surface area contributed by atoms with E-state index < -0.39 is 54.7 Å². The van der Waals surface area contributed by atoms with Crippen molar-refractivity contribution in [2.45, 2.75) is 70.8 Å². The van der Waals surface area contributed by atoms with Gasteiger partial charge in [-0.15, -0.1) is 0 Å². The molecule has 1 N–H and O–H groups in total. The van der Waals surface area contributed by atoms with Gasteiger partial charge in [0.15, 0.2) is 18.5 Å². The highest BCUT2D eigenvalue weighted by Gasteiger charge is 2.52. The minimum Gasteiger partial charge on any atom is -0.462 e. The van der Waals surface area contributed by atoms with Crippen LogP contribution in [0.5, 0.6) is 0 Å². The van der Waals surface area contributed by atoms with Gasteiger partial charge in [0.1, 0.15) is 24.9 Å². The number of esters is 3. The molecule has 0 bridgehead atoms. The molecular weight excluding hydrogens is 484 g/mol. The first-order valence-electron chi connectivity index (χ1n) is 11.9. The van der Waals surface area contributed by atoms with Crippen LogP contribution in [0, 0.1) is 0 Å². The Morgan fingerprint density at radius 3 is 1.81 bits per heavy atom. The number of benzene rings is 2. The first kappa shape index (κ1) is 28.3. The fourth-order valence-corrected chi connectivity index (χ4v) is 3.99. The van der Waals surface area contributed by atoms with Crippen LogP contribution >= 0.6 is 0 Å². The lowest BCUT2D eigenvalue weighted by atomic mass is 9.94. The van der Waals surface area contributed by atoms with Gasteiger partial charge in [-0.2, -0.15) is 0 Å². The summed E-state index contributed by atoms with van der Waals surface area (Å²) in [6, 6.07) is 18.5. The first-order chi connectivity index (χ1) is 17.7. The van der Waals surface area contributed by atoms with Gasteiger partial charge < -0.3 is 33.5 Å². The van der Waals surface area contributed by atoms with Gasteiger partial charge in [-0.25, -0.2) is 0 Å². The summed E-state index contributed by atoms with van der Waals surface area (Å²) in [5, 5.41) is 10.9. The topological polar surface area (TPSA) is 127 Å². The second-order valence-electron chi connectivity index (χ2n) is 8.54. The van der Waals surface area contributed by atoms with Crippen molar-refractivity contribution in [1.82, 2.24) is 0 Å². The Bertz CT molecular complexity index is 1010. The molecule has 3 unspecified atom stereocenters. The molecular formula is C27H32O10. The van der Waals surface area contributed by atoms with Gasteiger partial charge in [0, 0.05) is 20.8 Å². The van der Waals surface area contributed by atoms with E-state index in [0.29, 0.717) is 0 Å². The van der Waals surface area contributed by atoms with Crippen molar-refractivity contribution in [3.8, 4) is 0 Å². The van der Waals surface area contributed by atoms with E-state index in [2.05, 4.69) is 0 Å². The van der Waals surface area contributed by atoms with E-state index in [1.54, 1.807) is 0 Å². The predicted octanol–water partition coefficient (Wildman–Crippen LogP) is 2.30. The van der Waals surface area contributed by atoms with Crippen LogP contribution < -0.4 is 0 Å². The van der Waals surface area contributed by atoms with E-state index in [1.807, 2.05) is 60.7 Å².